The zero-order chi connectivity index (χ0) is 14.1. The zero-order valence-electron chi connectivity index (χ0n) is 11.6. The quantitative estimate of drug-likeness (QED) is 0.926. The van der Waals surface area contributed by atoms with Crippen LogP contribution in [0, 0.1) is 0 Å². The first-order valence-electron chi connectivity index (χ1n) is 7.04. The van der Waals surface area contributed by atoms with Crippen molar-refractivity contribution in [2.24, 2.45) is 5.73 Å². The van der Waals surface area contributed by atoms with Gasteiger partial charge in [0.15, 0.2) is 0 Å². The molecule has 2 N–H and O–H groups in total. The summed E-state index contributed by atoms with van der Waals surface area (Å²) in [7, 11) is 0. The third-order valence-corrected chi connectivity index (χ3v) is 4.13. The summed E-state index contributed by atoms with van der Waals surface area (Å²) in [5.41, 5.74) is 10.8. The molecule has 0 fully saturated rings. The summed E-state index contributed by atoms with van der Waals surface area (Å²) in [4.78, 5) is 2.33. The highest BCUT2D eigenvalue weighted by molar-refractivity contribution is 6.31. The molecule has 0 bridgehead atoms. The smallest absolute Gasteiger partial charge is 0.0459 e. The Labute approximate surface area is 125 Å². The van der Waals surface area contributed by atoms with E-state index in [1.54, 1.807) is 0 Å². The highest BCUT2D eigenvalue weighted by atomic mass is 35.5. The van der Waals surface area contributed by atoms with E-state index in [4.69, 9.17) is 17.3 Å². The van der Waals surface area contributed by atoms with E-state index in [9.17, 15) is 0 Å². The first kappa shape index (κ1) is 13.5. The van der Waals surface area contributed by atoms with Crippen LogP contribution in [0.3, 0.4) is 0 Å². The predicted octanol–water partition coefficient (Wildman–Crippen LogP) is 3.92. The van der Waals surface area contributed by atoms with E-state index in [0.29, 0.717) is 0 Å². The Morgan fingerprint density at radius 1 is 1.25 bits per heavy atom. The number of benzene rings is 2. The summed E-state index contributed by atoms with van der Waals surface area (Å²) >= 11 is 6.40. The van der Waals surface area contributed by atoms with Crippen LogP contribution in [0.15, 0.2) is 42.5 Å². The van der Waals surface area contributed by atoms with Crippen LogP contribution < -0.4 is 10.6 Å². The highest BCUT2D eigenvalue weighted by Gasteiger charge is 2.20. The van der Waals surface area contributed by atoms with Gasteiger partial charge >= 0.3 is 0 Å². The monoisotopic (exact) mass is 286 g/mol. The average Bonchev–Trinajstić information content (AvgIpc) is 2.84. The summed E-state index contributed by atoms with van der Waals surface area (Å²) in [6.45, 7) is 3.02. The molecule has 0 saturated heterocycles. The standard InChI is InChI=1S/C17H19ClN2/c1-12(19)10-14-6-7-15(11-16(14)18)20-9-8-13-4-2-3-5-17(13)20/h2-7,11-12H,8-10,19H2,1H3. The number of nitrogens with zero attached hydrogens (tertiary/aromatic N) is 1. The van der Waals surface area contributed by atoms with Gasteiger partial charge in [-0.2, -0.15) is 0 Å². The second kappa shape index (κ2) is 5.47. The van der Waals surface area contributed by atoms with Crippen molar-refractivity contribution < 1.29 is 0 Å². The molecular formula is C17H19ClN2. The second-order valence-electron chi connectivity index (χ2n) is 5.49. The first-order chi connectivity index (χ1) is 9.65. The molecule has 0 aliphatic carbocycles. The molecule has 2 aromatic carbocycles. The van der Waals surface area contributed by atoms with Crippen LogP contribution in [-0.2, 0) is 12.8 Å². The van der Waals surface area contributed by atoms with E-state index >= 15 is 0 Å². The van der Waals surface area contributed by atoms with E-state index in [2.05, 4.69) is 47.4 Å². The molecule has 0 saturated carbocycles. The van der Waals surface area contributed by atoms with Crippen LogP contribution in [-0.4, -0.2) is 12.6 Å². The molecule has 20 heavy (non-hydrogen) atoms. The van der Waals surface area contributed by atoms with Crippen molar-refractivity contribution in [1.82, 2.24) is 0 Å². The number of para-hydroxylation sites is 1. The SMILES string of the molecule is CC(N)Cc1ccc(N2CCc3ccccc32)cc1Cl. The number of fused-ring (bicyclic) bond motifs is 1. The van der Waals surface area contributed by atoms with Gasteiger partial charge in [-0.1, -0.05) is 35.9 Å². The fraction of sp³-hybridized carbons (Fsp3) is 0.294. The van der Waals surface area contributed by atoms with Crippen LogP contribution in [0.2, 0.25) is 5.02 Å². The van der Waals surface area contributed by atoms with Crippen molar-refractivity contribution in [1.29, 1.82) is 0 Å². The van der Waals surface area contributed by atoms with Crippen LogP contribution in [0.5, 0.6) is 0 Å². The van der Waals surface area contributed by atoms with Crippen LogP contribution in [0.4, 0.5) is 11.4 Å². The van der Waals surface area contributed by atoms with Crippen molar-refractivity contribution in [3.63, 3.8) is 0 Å². The molecule has 3 rings (SSSR count). The molecule has 104 valence electrons. The Balaban J connectivity index is 1.91. The molecule has 2 aromatic rings. The lowest BCUT2D eigenvalue weighted by molar-refractivity contribution is 0.738. The summed E-state index contributed by atoms with van der Waals surface area (Å²) in [6.07, 6.45) is 1.91. The summed E-state index contributed by atoms with van der Waals surface area (Å²) in [5, 5.41) is 0.809. The van der Waals surface area contributed by atoms with Crippen molar-refractivity contribution >= 4 is 23.0 Å². The Hall–Kier alpha value is -1.51. The van der Waals surface area contributed by atoms with E-state index in [1.165, 1.54) is 11.3 Å². The maximum absolute atomic E-state index is 6.40. The van der Waals surface area contributed by atoms with Crippen molar-refractivity contribution in [2.75, 3.05) is 11.4 Å². The van der Waals surface area contributed by atoms with E-state index < -0.39 is 0 Å². The molecule has 1 heterocycles. The van der Waals surface area contributed by atoms with E-state index in [-0.39, 0.29) is 6.04 Å². The molecule has 0 aromatic heterocycles. The van der Waals surface area contributed by atoms with E-state index in [0.717, 1.165) is 35.7 Å². The lowest BCUT2D eigenvalue weighted by Crippen LogP contribution is -2.18. The number of hydrogen-bond acceptors (Lipinski definition) is 2. The normalized spacial score (nSPS) is 15.2. The minimum Gasteiger partial charge on any atom is -0.341 e. The van der Waals surface area contributed by atoms with Crippen LogP contribution in [0.25, 0.3) is 0 Å². The van der Waals surface area contributed by atoms with Gasteiger partial charge in [0.2, 0.25) is 0 Å². The summed E-state index contributed by atoms with van der Waals surface area (Å²) in [6, 6.07) is 15.0. The van der Waals surface area contributed by atoms with Crippen LogP contribution in [0.1, 0.15) is 18.1 Å². The summed E-state index contributed by atoms with van der Waals surface area (Å²) in [5.74, 6) is 0. The van der Waals surface area contributed by atoms with Gasteiger partial charge in [0.05, 0.1) is 0 Å². The fourth-order valence-electron chi connectivity index (χ4n) is 2.82. The maximum atomic E-state index is 6.40. The molecular weight excluding hydrogens is 268 g/mol. The Morgan fingerprint density at radius 2 is 2.05 bits per heavy atom. The molecule has 2 nitrogen and oxygen atoms in total. The van der Waals surface area contributed by atoms with Gasteiger partial charge in [-0.3, -0.25) is 0 Å². The van der Waals surface area contributed by atoms with Gasteiger partial charge < -0.3 is 10.6 Å². The number of hydrogen-bond donors (Lipinski definition) is 1. The number of nitrogens with two attached hydrogens (primary N) is 1. The molecule has 1 atom stereocenters. The lowest BCUT2D eigenvalue weighted by Gasteiger charge is -2.20. The molecule has 0 radical (unpaired) electrons. The highest BCUT2D eigenvalue weighted by Crippen LogP contribution is 2.36. The van der Waals surface area contributed by atoms with Gasteiger partial charge in [0.25, 0.3) is 0 Å². The minimum atomic E-state index is 0.130. The number of rotatable bonds is 3. The largest absolute Gasteiger partial charge is 0.341 e. The van der Waals surface area contributed by atoms with E-state index in [1.807, 2.05) is 6.92 Å². The van der Waals surface area contributed by atoms with Gasteiger partial charge in [-0.15, -0.1) is 0 Å². The Morgan fingerprint density at radius 3 is 2.80 bits per heavy atom. The average molecular weight is 287 g/mol. The summed E-state index contributed by atoms with van der Waals surface area (Å²) < 4.78 is 0. The molecule has 3 heteroatoms. The Kier molecular flexibility index (Phi) is 3.68. The van der Waals surface area contributed by atoms with Gasteiger partial charge in [0, 0.05) is 29.0 Å². The van der Waals surface area contributed by atoms with Gasteiger partial charge in [-0.05, 0) is 49.1 Å². The second-order valence-corrected chi connectivity index (χ2v) is 5.89. The third-order valence-electron chi connectivity index (χ3n) is 3.78. The van der Waals surface area contributed by atoms with Crippen molar-refractivity contribution in [3.8, 4) is 0 Å². The lowest BCUT2D eigenvalue weighted by atomic mass is 10.1. The predicted molar refractivity (Wildman–Crippen MR) is 86.0 cm³/mol. The Bertz CT molecular complexity index is 622. The molecule has 1 unspecified atom stereocenters. The minimum absolute atomic E-state index is 0.130. The van der Waals surface area contributed by atoms with Gasteiger partial charge in [0.1, 0.15) is 0 Å². The first-order valence-corrected chi connectivity index (χ1v) is 7.42. The zero-order valence-corrected chi connectivity index (χ0v) is 12.4. The third kappa shape index (κ3) is 2.54. The van der Waals surface area contributed by atoms with Crippen LogP contribution >= 0.6 is 11.6 Å². The number of anilines is 2. The number of halogens is 1. The molecule has 1 aliphatic rings. The maximum Gasteiger partial charge on any atom is 0.0459 e. The topological polar surface area (TPSA) is 29.3 Å². The molecule has 1 aliphatic heterocycles. The molecule has 0 amide bonds. The molecule has 0 spiro atoms. The van der Waals surface area contributed by atoms with Crippen molar-refractivity contribution in [3.05, 3.63) is 58.6 Å². The van der Waals surface area contributed by atoms with Crippen molar-refractivity contribution in [2.45, 2.75) is 25.8 Å². The van der Waals surface area contributed by atoms with Gasteiger partial charge in [-0.25, -0.2) is 0 Å². The fourth-order valence-corrected chi connectivity index (χ4v) is 3.07.